The van der Waals surface area contributed by atoms with E-state index in [0.29, 0.717) is 24.7 Å². The minimum absolute atomic E-state index is 0. The zero-order valence-corrected chi connectivity index (χ0v) is 17.1. The largest absolute Gasteiger partial charge is 0.338 e. The van der Waals surface area contributed by atoms with Crippen LogP contribution in [0.15, 0.2) is 29.2 Å². The summed E-state index contributed by atoms with van der Waals surface area (Å²) < 4.78 is 25.1. The van der Waals surface area contributed by atoms with Gasteiger partial charge in [0.15, 0.2) is 9.84 Å². The van der Waals surface area contributed by atoms with Crippen LogP contribution in [-0.2, 0) is 9.84 Å². The van der Waals surface area contributed by atoms with Crippen molar-refractivity contribution in [1.29, 1.82) is 0 Å². The van der Waals surface area contributed by atoms with Crippen LogP contribution in [-0.4, -0.2) is 50.2 Å². The highest BCUT2D eigenvalue weighted by Crippen LogP contribution is 2.28. The molecule has 26 heavy (non-hydrogen) atoms. The van der Waals surface area contributed by atoms with Crippen LogP contribution in [0.5, 0.6) is 0 Å². The Balaban J connectivity index is 0.00000243. The number of nitrogens with one attached hydrogen (secondary N) is 1. The van der Waals surface area contributed by atoms with Crippen molar-refractivity contribution in [3.05, 3.63) is 29.8 Å². The lowest BCUT2D eigenvalue weighted by Crippen LogP contribution is -2.45. The number of hydrogen-bond acceptors (Lipinski definition) is 4. The van der Waals surface area contributed by atoms with Crippen LogP contribution in [0.4, 0.5) is 0 Å². The summed E-state index contributed by atoms with van der Waals surface area (Å²) in [6.07, 6.45) is 4.53. The van der Waals surface area contributed by atoms with Gasteiger partial charge < -0.3 is 10.2 Å². The van der Waals surface area contributed by atoms with Gasteiger partial charge in [-0.25, -0.2) is 8.42 Å². The van der Waals surface area contributed by atoms with Crippen molar-refractivity contribution in [2.24, 2.45) is 5.92 Å². The Morgan fingerprint density at radius 3 is 2.35 bits per heavy atom. The molecule has 0 aromatic heterocycles. The van der Waals surface area contributed by atoms with Gasteiger partial charge in [0.1, 0.15) is 0 Å². The van der Waals surface area contributed by atoms with Gasteiger partial charge in [-0.1, -0.05) is 12.1 Å². The molecule has 5 nitrogen and oxygen atoms in total. The lowest BCUT2D eigenvalue weighted by molar-refractivity contribution is 0.0701. The Bertz CT molecular complexity index is 724. The van der Waals surface area contributed by atoms with Gasteiger partial charge in [-0.2, -0.15) is 0 Å². The quantitative estimate of drug-likeness (QED) is 0.797. The molecule has 2 aliphatic rings. The number of halogens is 1. The summed E-state index contributed by atoms with van der Waals surface area (Å²) in [5.74, 6) is 0.688. The SMILES string of the molecule is CC(C)S(=O)(=O)c1ccccc1C(=O)N1CCC(NCC2CC2)CC1.Cl. The van der Waals surface area contributed by atoms with Crippen molar-refractivity contribution in [2.45, 2.75) is 55.7 Å². The van der Waals surface area contributed by atoms with Gasteiger partial charge >= 0.3 is 0 Å². The number of sulfone groups is 1. The standard InChI is InChI=1S/C19H28N2O3S.ClH/c1-14(2)25(23,24)18-6-4-3-5-17(18)19(22)21-11-9-16(10-12-21)20-13-15-7-8-15;/h3-6,14-16,20H,7-13H2,1-2H3;1H. The summed E-state index contributed by atoms with van der Waals surface area (Å²) in [5.41, 5.74) is 0.306. The molecule has 1 N–H and O–H groups in total. The highest BCUT2D eigenvalue weighted by Gasteiger charge is 2.30. The van der Waals surface area contributed by atoms with E-state index < -0.39 is 15.1 Å². The van der Waals surface area contributed by atoms with E-state index in [0.717, 1.165) is 25.3 Å². The predicted molar refractivity (Wildman–Crippen MR) is 106 cm³/mol. The fraction of sp³-hybridized carbons (Fsp3) is 0.632. The number of hydrogen-bond donors (Lipinski definition) is 1. The minimum Gasteiger partial charge on any atom is -0.338 e. The second kappa shape index (κ2) is 8.72. The third-order valence-electron chi connectivity index (χ3n) is 5.22. The third kappa shape index (κ3) is 4.78. The number of amides is 1. The molecule has 3 rings (SSSR count). The molecule has 1 saturated carbocycles. The fourth-order valence-electron chi connectivity index (χ4n) is 3.26. The summed E-state index contributed by atoms with van der Waals surface area (Å²) >= 11 is 0. The Hall–Kier alpha value is -1.11. The zero-order valence-electron chi connectivity index (χ0n) is 15.5. The van der Waals surface area contributed by atoms with Crippen molar-refractivity contribution in [3.8, 4) is 0 Å². The molecule has 7 heteroatoms. The van der Waals surface area contributed by atoms with Gasteiger partial charge in [0.25, 0.3) is 5.91 Å². The Kier molecular flexibility index (Phi) is 7.11. The molecule has 1 amide bonds. The van der Waals surface area contributed by atoms with E-state index in [1.807, 2.05) is 0 Å². The molecule has 0 atom stereocenters. The first kappa shape index (κ1) is 21.2. The fourth-order valence-corrected chi connectivity index (χ4v) is 4.50. The van der Waals surface area contributed by atoms with Crippen LogP contribution >= 0.6 is 12.4 Å². The van der Waals surface area contributed by atoms with Gasteiger partial charge in [-0.3, -0.25) is 4.79 Å². The van der Waals surface area contributed by atoms with E-state index >= 15 is 0 Å². The van der Waals surface area contributed by atoms with Crippen molar-refractivity contribution < 1.29 is 13.2 Å². The maximum Gasteiger partial charge on any atom is 0.255 e. The van der Waals surface area contributed by atoms with Gasteiger partial charge in [-0.15, -0.1) is 12.4 Å². The zero-order chi connectivity index (χ0) is 18.0. The number of benzene rings is 1. The molecule has 1 aliphatic carbocycles. The van der Waals surface area contributed by atoms with E-state index in [2.05, 4.69) is 5.32 Å². The van der Waals surface area contributed by atoms with Crippen molar-refractivity contribution >= 4 is 28.2 Å². The maximum atomic E-state index is 12.9. The van der Waals surface area contributed by atoms with E-state index in [-0.39, 0.29) is 23.2 Å². The molecule has 1 heterocycles. The van der Waals surface area contributed by atoms with E-state index in [9.17, 15) is 13.2 Å². The number of carbonyl (C=O) groups is 1. The number of likely N-dealkylation sites (tertiary alicyclic amines) is 1. The Morgan fingerprint density at radius 2 is 1.77 bits per heavy atom. The molecule has 0 bridgehead atoms. The summed E-state index contributed by atoms with van der Waals surface area (Å²) in [6, 6.07) is 7.07. The number of carbonyl (C=O) groups excluding carboxylic acids is 1. The highest BCUT2D eigenvalue weighted by molar-refractivity contribution is 7.92. The molecule has 1 aromatic carbocycles. The highest BCUT2D eigenvalue weighted by atomic mass is 35.5. The van der Waals surface area contributed by atoms with Crippen molar-refractivity contribution in [3.63, 3.8) is 0 Å². The third-order valence-corrected chi connectivity index (χ3v) is 7.43. The smallest absolute Gasteiger partial charge is 0.255 e. The average molecular weight is 401 g/mol. The van der Waals surface area contributed by atoms with Gasteiger partial charge in [0.2, 0.25) is 0 Å². The molecule has 1 saturated heterocycles. The topological polar surface area (TPSA) is 66.5 Å². The van der Waals surface area contributed by atoms with Crippen LogP contribution < -0.4 is 5.32 Å². The van der Waals surface area contributed by atoms with Crippen molar-refractivity contribution in [2.75, 3.05) is 19.6 Å². The number of piperidine rings is 1. The molecule has 0 radical (unpaired) electrons. The van der Waals surface area contributed by atoms with E-state index in [4.69, 9.17) is 0 Å². The Morgan fingerprint density at radius 1 is 1.15 bits per heavy atom. The van der Waals surface area contributed by atoms with Crippen LogP contribution in [0, 0.1) is 5.92 Å². The first-order valence-electron chi connectivity index (χ1n) is 9.25. The average Bonchev–Trinajstić information content (AvgIpc) is 3.44. The molecule has 146 valence electrons. The first-order chi connectivity index (χ1) is 11.9. The molecule has 1 aromatic rings. The molecule has 0 spiro atoms. The summed E-state index contributed by atoms with van der Waals surface area (Å²) in [4.78, 5) is 14.9. The molecule has 2 fully saturated rings. The lowest BCUT2D eigenvalue weighted by Gasteiger charge is -2.33. The van der Waals surface area contributed by atoms with Gasteiger partial charge in [0, 0.05) is 19.1 Å². The summed E-state index contributed by atoms with van der Waals surface area (Å²) in [6.45, 7) is 5.74. The monoisotopic (exact) mass is 400 g/mol. The predicted octanol–water partition coefficient (Wildman–Crippen LogP) is 2.89. The molecular weight excluding hydrogens is 372 g/mol. The van der Waals surface area contributed by atoms with Gasteiger partial charge in [-0.05, 0) is 64.1 Å². The van der Waals surface area contributed by atoms with Crippen LogP contribution in [0.3, 0.4) is 0 Å². The Labute approximate surface area is 162 Å². The van der Waals surface area contributed by atoms with E-state index in [1.54, 1.807) is 43.0 Å². The number of rotatable bonds is 6. The molecule has 0 unspecified atom stereocenters. The first-order valence-corrected chi connectivity index (χ1v) is 10.8. The van der Waals surface area contributed by atoms with Crippen LogP contribution in [0.25, 0.3) is 0 Å². The molecular formula is C19H29ClN2O3S. The van der Waals surface area contributed by atoms with E-state index in [1.165, 1.54) is 12.8 Å². The second-order valence-electron chi connectivity index (χ2n) is 7.51. The molecule has 1 aliphatic heterocycles. The minimum atomic E-state index is -3.47. The van der Waals surface area contributed by atoms with Crippen LogP contribution in [0.2, 0.25) is 0 Å². The summed E-state index contributed by atoms with van der Waals surface area (Å²) in [5, 5.41) is 3.06. The lowest BCUT2D eigenvalue weighted by atomic mass is 10.0. The van der Waals surface area contributed by atoms with Crippen molar-refractivity contribution in [1.82, 2.24) is 10.2 Å². The summed E-state index contributed by atoms with van der Waals surface area (Å²) in [7, 11) is -3.47. The van der Waals surface area contributed by atoms with Gasteiger partial charge in [0.05, 0.1) is 15.7 Å². The number of nitrogens with zero attached hydrogens (tertiary/aromatic N) is 1. The maximum absolute atomic E-state index is 12.9. The normalized spacial score (nSPS) is 18.7. The van der Waals surface area contributed by atoms with Crippen LogP contribution in [0.1, 0.15) is 49.9 Å². The second-order valence-corrected chi connectivity index (χ2v) is 9.98.